The normalized spacial score (nSPS) is 21.6. The van der Waals surface area contributed by atoms with Crippen LogP contribution < -0.4 is 10.6 Å². The van der Waals surface area contributed by atoms with Gasteiger partial charge in [-0.05, 0) is 38.3 Å². The molecule has 0 unspecified atom stereocenters. The molecule has 0 atom stereocenters. The Morgan fingerprint density at radius 2 is 1.91 bits per heavy atom. The SMILES string of the molecule is CN(CCNC(=O)NC1CCC(O)CC1)Cc1ccccc1. The number of carbonyl (C=O) groups excluding carboxylic acids is 1. The Balaban J connectivity index is 1.58. The second-order valence-corrected chi connectivity index (χ2v) is 6.13. The number of nitrogens with one attached hydrogen (secondary N) is 2. The van der Waals surface area contributed by atoms with Crippen molar-refractivity contribution in [2.75, 3.05) is 20.1 Å². The molecule has 1 aromatic rings. The highest BCUT2D eigenvalue weighted by atomic mass is 16.3. The highest BCUT2D eigenvalue weighted by Gasteiger charge is 2.20. The van der Waals surface area contributed by atoms with Crippen LogP contribution >= 0.6 is 0 Å². The maximum Gasteiger partial charge on any atom is 0.315 e. The van der Waals surface area contributed by atoms with Gasteiger partial charge in [0.2, 0.25) is 0 Å². The van der Waals surface area contributed by atoms with Gasteiger partial charge in [-0.15, -0.1) is 0 Å². The van der Waals surface area contributed by atoms with Crippen LogP contribution in [0.3, 0.4) is 0 Å². The van der Waals surface area contributed by atoms with Crippen LogP contribution in [0, 0.1) is 0 Å². The fraction of sp³-hybridized carbons (Fsp3) is 0.588. The van der Waals surface area contributed by atoms with Crippen molar-refractivity contribution in [1.29, 1.82) is 0 Å². The van der Waals surface area contributed by atoms with Gasteiger partial charge in [0.1, 0.15) is 0 Å². The van der Waals surface area contributed by atoms with Crippen LogP contribution in [-0.2, 0) is 6.54 Å². The Morgan fingerprint density at radius 3 is 2.59 bits per heavy atom. The molecule has 1 fully saturated rings. The summed E-state index contributed by atoms with van der Waals surface area (Å²) in [5, 5.41) is 15.3. The predicted octanol–water partition coefficient (Wildman–Crippen LogP) is 1.72. The summed E-state index contributed by atoms with van der Waals surface area (Å²) < 4.78 is 0. The molecule has 0 bridgehead atoms. The highest BCUT2D eigenvalue weighted by molar-refractivity contribution is 5.74. The standard InChI is InChI=1S/C17H27N3O2/c1-20(13-14-5-3-2-4-6-14)12-11-18-17(22)19-15-7-9-16(21)10-8-15/h2-6,15-16,21H,7-13H2,1H3,(H2,18,19,22). The van der Waals surface area contributed by atoms with Gasteiger partial charge >= 0.3 is 6.03 Å². The summed E-state index contributed by atoms with van der Waals surface area (Å²) >= 11 is 0. The van der Waals surface area contributed by atoms with Crippen molar-refractivity contribution in [2.45, 2.75) is 44.4 Å². The van der Waals surface area contributed by atoms with Crippen LogP contribution in [0.4, 0.5) is 4.79 Å². The number of carbonyl (C=O) groups is 1. The minimum absolute atomic E-state index is 0.102. The van der Waals surface area contributed by atoms with Gasteiger partial charge < -0.3 is 20.6 Å². The molecule has 0 saturated heterocycles. The number of amides is 2. The van der Waals surface area contributed by atoms with E-state index in [2.05, 4.69) is 34.7 Å². The zero-order valence-electron chi connectivity index (χ0n) is 13.3. The van der Waals surface area contributed by atoms with E-state index in [4.69, 9.17) is 0 Å². The van der Waals surface area contributed by atoms with Crippen molar-refractivity contribution in [3.63, 3.8) is 0 Å². The molecular formula is C17H27N3O2. The average Bonchev–Trinajstić information content (AvgIpc) is 2.50. The van der Waals surface area contributed by atoms with Gasteiger partial charge in [-0.1, -0.05) is 30.3 Å². The van der Waals surface area contributed by atoms with Gasteiger partial charge in [0.05, 0.1) is 6.10 Å². The quantitative estimate of drug-likeness (QED) is 0.750. The first-order valence-electron chi connectivity index (χ1n) is 8.08. The molecule has 1 saturated carbocycles. The number of aliphatic hydroxyl groups is 1. The number of urea groups is 1. The van der Waals surface area contributed by atoms with Crippen molar-refractivity contribution in [3.05, 3.63) is 35.9 Å². The molecule has 5 nitrogen and oxygen atoms in total. The summed E-state index contributed by atoms with van der Waals surface area (Å²) in [6.07, 6.45) is 3.10. The minimum atomic E-state index is -0.187. The van der Waals surface area contributed by atoms with E-state index in [0.717, 1.165) is 38.8 Å². The van der Waals surface area contributed by atoms with E-state index in [1.807, 2.05) is 18.2 Å². The summed E-state index contributed by atoms with van der Waals surface area (Å²) in [6, 6.07) is 10.4. The zero-order valence-corrected chi connectivity index (χ0v) is 13.3. The van der Waals surface area contributed by atoms with Gasteiger partial charge in [-0.25, -0.2) is 4.79 Å². The minimum Gasteiger partial charge on any atom is -0.393 e. The number of likely N-dealkylation sites (N-methyl/N-ethyl adjacent to an activating group) is 1. The molecule has 1 aliphatic carbocycles. The summed E-state index contributed by atoms with van der Waals surface area (Å²) in [7, 11) is 2.05. The van der Waals surface area contributed by atoms with Crippen LogP contribution in [0.1, 0.15) is 31.2 Å². The fourth-order valence-corrected chi connectivity index (χ4v) is 2.79. The Kier molecular flexibility index (Phi) is 6.68. The molecule has 2 amide bonds. The second-order valence-electron chi connectivity index (χ2n) is 6.13. The summed E-state index contributed by atoms with van der Waals surface area (Å²) in [5.74, 6) is 0. The van der Waals surface area contributed by atoms with Crippen LogP contribution in [0.2, 0.25) is 0 Å². The third kappa shape index (κ3) is 6.03. The van der Waals surface area contributed by atoms with Crippen LogP contribution in [0.5, 0.6) is 0 Å². The van der Waals surface area contributed by atoms with E-state index in [9.17, 15) is 9.90 Å². The molecule has 5 heteroatoms. The van der Waals surface area contributed by atoms with Crippen molar-refractivity contribution in [2.24, 2.45) is 0 Å². The monoisotopic (exact) mass is 305 g/mol. The molecule has 0 radical (unpaired) electrons. The van der Waals surface area contributed by atoms with Gasteiger partial charge in [0, 0.05) is 25.7 Å². The van der Waals surface area contributed by atoms with E-state index in [-0.39, 0.29) is 18.2 Å². The van der Waals surface area contributed by atoms with Crippen molar-refractivity contribution in [1.82, 2.24) is 15.5 Å². The lowest BCUT2D eigenvalue weighted by Gasteiger charge is -2.26. The molecule has 122 valence electrons. The summed E-state index contributed by atoms with van der Waals surface area (Å²) in [4.78, 5) is 14.0. The number of rotatable bonds is 6. The largest absolute Gasteiger partial charge is 0.393 e. The Morgan fingerprint density at radius 1 is 1.23 bits per heavy atom. The summed E-state index contributed by atoms with van der Waals surface area (Å²) in [5.41, 5.74) is 1.27. The zero-order chi connectivity index (χ0) is 15.8. The molecule has 0 aliphatic heterocycles. The maximum absolute atomic E-state index is 11.8. The molecule has 2 rings (SSSR count). The molecule has 0 spiro atoms. The Bertz CT molecular complexity index is 444. The topological polar surface area (TPSA) is 64.6 Å². The second kappa shape index (κ2) is 8.76. The third-order valence-corrected chi connectivity index (χ3v) is 4.11. The number of aliphatic hydroxyl groups excluding tert-OH is 1. The molecule has 0 heterocycles. The van der Waals surface area contributed by atoms with Gasteiger partial charge in [0.15, 0.2) is 0 Å². The highest BCUT2D eigenvalue weighted by Crippen LogP contribution is 2.17. The fourth-order valence-electron chi connectivity index (χ4n) is 2.79. The third-order valence-electron chi connectivity index (χ3n) is 4.11. The van der Waals surface area contributed by atoms with E-state index in [1.54, 1.807) is 0 Å². The van der Waals surface area contributed by atoms with Crippen LogP contribution in [-0.4, -0.2) is 48.3 Å². The number of hydrogen-bond donors (Lipinski definition) is 3. The first-order valence-corrected chi connectivity index (χ1v) is 8.08. The number of benzene rings is 1. The van der Waals surface area contributed by atoms with Crippen LogP contribution in [0.25, 0.3) is 0 Å². The summed E-state index contributed by atoms with van der Waals surface area (Å²) in [6.45, 7) is 2.32. The van der Waals surface area contributed by atoms with Gasteiger partial charge in [-0.2, -0.15) is 0 Å². The Hall–Kier alpha value is -1.59. The van der Waals surface area contributed by atoms with E-state index < -0.39 is 0 Å². The van der Waals surface area contributed by atoms with Crippen LogP contribution in [0.15, 0.2) is 30.3 Å². The first kappa shape index (κ1) is 16.8. The van der Waals surface area contributed by atoms with Crippen molar-refractivity contribution < 1.29 is 9.90 Å². The lowest BCUT2D eigenvalue weighted by Crippen LogP contribution is -2.45. The van der Waals surface area contributed by atoms with E-state index >= 15 is 0 Å². The maximum atomic E-state index is 11.8. The Labute approximate surface area is 132 Å². The number of hydrogen-bond acceptors (Lipinski definition) is 3. The van der Waals surface area contributed by atoms with Gasteiger partial charge in [0.25, 0.3) is 0 Å². The first-order chi connectivity index (χ1) is 10.6. The van der Waals surface area contributed by atoms with Crippen molar-refractivity contribution in [3.8, 4) is 0 Å². The molecule has 3 N–H and O–H groups in total. The molecule has 0 aromatic heterocycles. The molecule has 1 aromatic carbocycles. The smallest absolute Gasteiger partial charge is 0.315 e. The molecule has 1 aliphatic rings. The predicted molar refractivity (Wildman–Crippen MR) is 87.6 cm³/mol. The number of nitrogens with zero attached hydrogens (tertiary/aromatic N) is 1. The van der Waals surface area contributed by atoms with E-state index in [0.29, 0.717) is 6.54 Å². The molecular weight excluding hydrogens is 278 g/mol. The lowest BCUT2D eigenvalue weighted by atomic mass is 9.93. The average molecular weight is 305 g/mol. The molecule has 22 heavy (non-hydrogen) atoms. The van der Waals surface area contributed by atoms with E-state index in [1.165, 1.54) is 5.56 Å². The van der Waals surface area contributed by atoms with Crippen molar-refractivity contribution >= 4 is 6.03 Å². The lowest BCUT2D eigenvalue weighted by molar-refractivity contribution is 0.117. The van der Waals surface area contributed by atoms with Gasteiger partial charge in [-0.3, -0.25) is 0 Å².